The second-order valence-corrected chi connectivity index (χ2v) is 6.79. The molecular weight excluding hydrogens is 374 g/mol. The summed E-state index contributed by atoms with van der Waals surface area (Å²) in [7, 11) is 0. The van der Waals surface area contributed by atoms with Gasteiger partial charge in [0.2, 0.25) is 0 Å². The first-order valence-corrected chi connectivity index (χ1v) is 9.19. The third-order valence-electron chi connectivity index (χ3n) is 4.46. The molecule has 5 nitrogen and oxygen atoms in total. The number of anilines is 1. The fraction of sp³-hybridized carbons (Fsp3) is 0.136. The molecule has 0 radical (unpaired) electrons. The first-order valence-electron chi connectivity index (χ1n) is 8.82. The Morgan fingerprint density at radius 1 is 0.893 bits per heavy atom. The van der Waals surface area contributed by atoms with Crippen molar-refractivity contribution in [3.63, 3.8) is 0 Å². The molecule has 1 heterocycles. The van der Waals surface area contributed by atoms with Crippen LogP contribution in [0, 0.1) is 13.8 Å². The number of aromatic nitrogens is 1. The number of nitrogens with zero attached hydrogens (tertiary/aromatic N) is 1. The number of aryl methyl sites for hydroxylation is 1. The zero-order valence-corrected chi connectivity index (χ0v) is 16.4. The van der Waals surface area contributed by atoms with Crippen LogP contribution in [-0.4, -0.2) is 16.8 Å². The lowest BCUT2D eigenvalue weighted by Gasteiger charge is -2.11. The molecular formula is C22H20ClN3O2. The topological polar surface area (TPSA) is 71.1 Å². The predicted molar refractivity (Wildman–Crippen MR) is 111 cm³/mol. The Labute approximate surface area is 168 Å². The summed E-state index contributed by atoms with van der Waals surface area (Å²) in [5.41, 5.74) is 3.94. The number of pyridine rings is 1. The molecule has 2 N–H and O–H groups in total. The van der Waals surface area contributed by atoms with Crippen molar-refractivity contribution in [1.82, 2.24) is 10.3 Å². The van der Waals surface area contributed by atoms with Gasteiger partial charge in [-0.05, 0) is 54.8 Å². The molecule has 2 aromatic carbocycles. The number of benzene rings is 2. The largest absolute Gasteiger partial charge is 0.347 e. The average Bonchev–Trinajstić information content (AvgIpc) is 2.70. The number of hydrogen-bond donors (Lipinski definition) is 2. The van der Waals surface area contributed by atoms with Crippen molar-refractivity contribution < 1.29 is 9.59 Å². The van der Waals surface area contributed by atoms with Crippen LogP contribution in [-0.2, 0) is 6.54 Å². The van der Waals surface area contributed by atoms with Crippen LogP contribution < -0.4 is 10.6 Å². The van der Waals surface area contributed by atoms with Gasteiger partial charge in [0.25, 0.3) is 11.8 Å². The highest BCUT2D eigenvalue weighted by molar-refractivity contribution is 6.31. The van der Waals surface area contributed by atoms with Crippen LogP contribution in [0.25, 0.3) is 0 Å². The van der Waals surface area contributed by atoms with E-state index in [-0.39, 0.29) is 29.7 Å². The number of hydrogen-bond acceptors (Lipinski definition) is 3. The molecule has 0 aliphatic heterocycles. The molecule has 0 saturated heterocycles. The molecule has 1 aromatic heterocycles. The second-order valence-electron chi connectivity index (χ2n) is 6.38. The van der Waals surface area contributed by atoms with Crippen molar-refractivity contribution in [3.8, 4) is 0 Å². The van der Waals surface area contributed by atoms with Crippen molar-refractivity contribution in [3.05, 3.63) is 93.8 Å². The fourth-order valence-corrected chi connectivity index (χ4v) is 2.87. The van der Waals surface area contributed by atoms with Gasteiger partial charge in [-0.3, -0.25) is 9.59 Å². The zero-order chi connectivity index (χ0) is 20.1. The van der Waals surface area contributed by atoms with Crippen molar-refractivity contribution in [2.45, 2.75) is 20.4 Å². The van der Waals surface area contributed by atoms with Gasteiger partial charge in [0.15, 0.2) is 0 Å². The summed E-state index contributed by atoms with van der Waals surface area (Å²) in [6.45, 7) is 4.20. The molecule has 0 atom stereocenters. The molecule has 0 unspecified atom stereocenters. The number of halogens is 1. The lowest BCUT2D eigenvalue weighted by atomic mass is 10.1. The van der Waals surface area contributed by atoms with Gasteiger partial charge >= 0.3 is 0 Å². The lowest BCUT2D eigenvalue weighted by Crippen LogP contribution is -2.25. The Hall–Kier alpha value is -3.18. The van der Waals surface area contributed by atoms with E-state index in [1.54, 1.807) is 24.3 Å². The minimum Gasteiger partial charge on any atom is -0.347 e. The SMILES string of the molecule is Cc1cccc(NC(=O)c2cccc(C(=O)NCc3ccccc3Cl)n2)c1C. The van der Waals surface area contributed by atoms with Crippen LogP contribution in [0.1, 0.15) is 37.7 Å². The van der Waals surface area contributed by atoms with E-state index in [1.165, 1.54) is 0 Å². The Kier molecular flexibility index (Phi) is 6.06. The van der Waals surface area contributed by atoms with Crippen molar-refractivity contribution >= 4 is 29.1 Å². The molecule has 28 heavy (non-hydrogen) atoms. The van der Waals surface area contributed by atoms with Crippen LogP contribution >= 0.6 is 11.6 Å². The van der Waals surface area contributed by atoms with Crippen molar-refractivity contribution in [1.29, 1.82) is 0 Å². The van der Waals surface area contributed by atoms with Crippen molar-refractivity contribution in [2.75, 3.05) is 5.32 Å². The molecule has 0 bridgehead atoms. The summed E-state index contributed by atoms with van der Waals surface area (Å²) < 4.78 is 0. The molecule has 2 amide bonds. The van der Waals surface area contributed by atoms with E-state index >= 15 is 0 Å². The first-order chi connectivity index (χ1) is 13.5. The third-order valence-corrected chi connectivity index (χ3v) is 4.83. The van der Waals surface area contributed by atoms with E-state index < -0.39 is 0 Å². The van der Waals surface area contributed by atoms with E-state index in [1.807, 2.05) is 50.2 Å². The number of amides is 2. The van der Waals surface area contributed by atoms with Crippen LogP contribution in [0.15, 0.2) is 60.7 Å². The Balaban J connectivity index is 1.70. The van der Waals surface area contributed by atoms with Gasteiger partial charge in [0.05, 0.1) is 0 Å². The quantitative estimate of drug-likeness (QED) is 0.668. The Bertz CT molecular complexity index is 1030. The number of carbonyl (C=O) groups is 2. The maximum absolute atomic E-state index is 12.6. The maximum atomic E-state index is 12.6. The lowest BCUT2D eigenvalue weighted by molar-refractivity contribution is 0.0945. The molecule has 0 fully saturated rings. The molecule has 3 aromatic rings. The van der Waals surface area contributed by atoms with Gasteiger partial charge in [0, 0.05) is 17.3 Å². The molecule has 0 aliphatic rings. The van der Waals surface area contributed by atoms with E-state index in [4.69, 9.17) is 11.6 Å². The van der Waals surface area contributed by atoms with Gasteiger partial charge in [-0.25, -0.2) is 4.98 Å². The maximum Gasteiger partial charge on any atom is 0.274 e. The summed E-state index contributed by atoms with van der Waals surface area (Å²) in [5.74, 6) is -0.740. The highest BCUT2D eigenvalue weighted by atomic mass is 35.5. The van der Waals surface area contributed by atoms with Gasteiger partial charge in [-0.1, -0.05) is 48.0 Å². The summed E-state index contributed by atoms with van der Waals surface area (Å²) in [6, 6.07) is 17.7. The highest BCUT2D eigenvalue weighted by Gasteiger charge is 2.14. The third kappa shape index (κ3) is 4.56. The number of nitrogens with one attached hydrogen (secondary N) is 2. The molecule has 3 rings (SSSR count). The van der Waals surface area contributed by atoms with Crippen LogP contribution in [0.4, 0.5) is 5.69 Å². The summed E-state index contributed by atoms with van der Waals surface area (Å²) in [5, 5.41) is 6.20. The standard InChI is InChI=1S/C22H20ClN3O2/c1-14-7-5-10-18(15(14)2)26-22(28)20-12-6-11-19(25-20)21(27)24-13-16-8-3-4-9-17(16)23/h3-12H,13H2,1-2H3,(H,24,27)(H,26,28). The fourth-order valence-electron chi connectivity index (χ4n) is 2.67. The van der Waals surface area contributed by atoms with Crippen molar-refractivity contribution in [2.24, 2.45) is 0 Å². The zero-order valence-electron chi connectivity index (χ0n) is 15.6. The molecule has 0 saturated carbocycles. The van der Waals surface area contributed by atoms with Gasteiger partial charge in [-0.15, -0.1) is 0 Å². The predicted octanol–water partition coefficient (Wildman–Crippen LogP) is 4.53. The molecule has 0 aliphatic carbocycles. The Morgan fingerprint density at radius 2 is 1.57 bits per heavy atom. The van der Waals surface area contributed by atoms with E-state index in [2.05, 4.69) is 15.6 Å². The normalized spacial score (nSPS) is 10.4. The minimum absolute atomic E-state index is 0.167. The van der Waals surface area contributed by atoms with Gasteiger partial charge in [-0.2, -0.15) is 0 Å². The van der Waals surface area contributed by atoms with Crippen LogP contribution in [0.3, 0.4) is 0 Å². The monoisotopic (exact) mass is 393 g/mol. The summed E-state index contributed by atoms with van der Waals surface area (Å²) in [4.78, 5) is 29.2. The smallest absolute Gasteiger partial charge is 0.274 e. The number of rotatable bonds is 5. The van der Waals surface area contributed by atoms with Crippen LogP contribution in [0.2, 0.25) is 5.02 Å². The van der Waals surface area contributed by atoms with Gasteiger partial charge in [0.1, 0.15) is 11.4 Å². The molecule has 0 spiro atoms. The highest BCUT2D eigenvalue weighted by Crippen LogP contribution is 2.19. The van der Waals surface area contributed by atoms with Crippen LogP contribution in [0.5, 0.6) is 0 Å². The van der Waals surface area contributed by atoms with E-state index in [0.717, 1.165) is 22.4 Å². The summed E-state index contributed by atoms with van der Waals surface area (Å²) in [6.07, 6.45) is 0. The molecule has 142 valence electrons. The average molecular weight is 394 g/mol. The first kappa shape index (κ1) is 19.6. The van der Waals surface area contributed by atoms with E-state index in [9.17, 15) is 9.59 Å². The van der Waals surface area contributed by atoms with E-state index in [0.29, 0.717) is 5.02 Å². The number of carbonyl (C=O) groups excluding carboxylic acids is 2. The minimum atomic E-state index is -0.374. The summed E-state index contributed by atoms with van der Waals surface area (Å²) >= 11 is 6.10. The second kappa shape index (κ2) is 8.67. The molecule has 6 heteroatoms. The Morgan fingerprint density at radius 3 is 2.32 bits per heavy atom. The van der Waals surface area contributed by atoms with Gasteiger partial charge < -0.3 is 10.6 Å².